The number of aromatic nitrogens is 2. The molecule has 0 aliphatic heterocycles. The summed E-state index contributed by atoms with van der Waals surface area (Å²) in [5, 5.41) is 3.46. The molecule has 0 saturated heterocycles. The maximum Gasteiger partial charge on any atom is 0.0951 e. The Hall–Kier alpha value is -1.13. The van der Waals surface area contributed by atoms with Gasteiger partial charge in [0.15, 0.2) is 0 Å². The first kappa shape index (κ1) is 14.3. The lowest BCUT2D eigenvalue weighted by atomic mass is 10.2. The van der Waals surface area contributed by atoms with Crippen LogP contribution < -0.4 is 5.32 Å². The Morgan fingerprint density at radius 2 is 2.11 bits per heavy atom. The van der Waals surface area contributed by atoms with Gasteiger partial charge in [0.05, 0.1) is 12.0 Å². The number of rotatable bonds is 6. The highest BCUT2D eigenvalue weighted by molar-refractivity contribution is 9.10. The molecule has 0 saturated carbocycles. The molecule has 0 amide bonds. The lowest BCUT2D eigenvalue weighted by molar-refractivity contribution is 0.539. The summed E-state index contributed by atoms with van der Waals surface area (Å²) in [6, 6.07) is 8.30. The molecule has 0 spiro atoms. The average Bonchev–Trinajstić information content (AvgIpc) is 2.79. The molecule has 0 atom stereocenters. The molecule has 1 aromatic heterocycles. The van der Waals surface area contributed by atoms with Crippen molar-refractivity contribution in [3.8, 4) is 0 Å². The van der Waals surface area contributed by atoms with E-state index in [1.165, 1.54) is 11.3 Å². The number of halogens is 1. The number of nitrogens with zero attached hydrogens (tertiary/aromatic N) is 2. The van der Waals surface area contributed by atoms with Gasteiger partial charge in [-0.2, -0.15) is 0 Å². The molecule has 2 aromatic rings. The standard InChI is InChI=1S/C15H20BrN3/c1-12(2)7-17-8-14-9-18-11-19(14)10-13-5-3-4-6-15(13)16/h3-6,9,11-12,17H,7-8,10H2,1-2H3. The van der Waals surface area contributed by atoms with E-state index in [-0.39, 0.29) is 0 Å². The molecule has 19 heavy (non-hydrogen) atoms. The molecule has 2 rings (SSSR count). The summed E-state index contributed by atoms with van der Waals surface area (Å²) < 4.78 is 3.33. The molecule has 0 fully saturated rings. The first-order chi connectivity index (χ1) is 9.16. The predicted octanol–water partition coefficient (Wildman–Crippen LogP) is 3.44. The summed E-state index contributed by atoms with van der Waals surface area (Å²) in [5.74, 6) is 0.666. The van der Waals surface area contributed by atoms with Crippen molar-refractivity contribution in [1.29, 1.82) is 0 Å². The Labute approximate surface area is 123 Å². The van der Waals surface area contributed by atoms with Gasteiger partial charge in [0, 0.05) is 23.8 Å². The molecular formula is C15H20BrN3. The van der Waals surface area contributed by atoms with E-state index >= 15 is 0 Å². The van der Waals surface area contributed by atoms with Gasteiger partial charge < -0.3 is 9.88 Å². The normalized spacial score (nSPS) is 11.2. The minimum Gasteiger partial charge on any atom is -0.329 e. The highest BCUT2D eigenvalue weighted by atomic mass is 79.9. The van der Waals surface area contributed by atoms with Crippen LogP contribution in [-0.2, 0) is 13.1 Å². The SMILES string of the molecule is CC(C)CNCc1cncn1Cc1ccccc1Br. The van der Waals surface area contributed by atoms with E-state index in [0.717, 1.165) is 24.1 Å². The zero-order valence-electron chi connectivity index (χ0n) is 11.4. The molecule has 1 N–H and O–H groups in total. The minimum absolute atomic E-state index is 0.666. The van der Waals surface area contributed by atoms with Crippen LogP contribution in [0.4, 0.5) is 0 Å². The van der Waals surface area contributed by atoms with Crippen LogP contribution in [0.15, 0.2) is 41.3 Å². The van der Waals surface area contributed by atoms with Gasteiger partial charge in [-0.3, -0.25) is 0 Å². The molecule has 3 nitrogen and oxygen atoms in total. The summed E-state index contributed by atoms with van der Waals surface area (Å²) >= 11 is 3.59. The molecule has 0 radical (unpaired) electrons. The Morgan fingerprint density at radius 1 is 1.32 bits per heavy atom. The lowest BCUT2D eigenvalue weighted by Crippen LogP contribution is -2.21. The van der Waals surface area contributed by atoms with E-state index in [1.54, 1.807) is 0 Å². The second kappa shape index (κ2) is 6.87. The topological polar surface area (TPSA) is 29.9 Å². The fourth-order valence-electron chi connectivity index (χ4n) is 1.94. The van der Waals surface area contributed by atoms with Crippen LogP contribution in [0.2, 0.25) is 0 Å². The largest absolute Gasteiger partial charge is 0.329 e. The first-order valence-corrected chi connectivity index (χ1v) is 7.39. The predicted molar refractivity (Wildman–Crippen MR) is 82.0 cm³/mol. The van der Waals surface area contributed by atoms with Crippen molar-refractivity contribution in [2.75, 3.05) is 6.54 Å². The molecule has 102 valence electrons. The van der Waals surface area contributed by atoms with Gasteiger partial charge in [0.1, 0.15) is 0 Å². The van der Waals surface area contributed by atoms with Crippen molar-refractivity contribution in [2.24, 2.45) is 5.92 Å². The minimum atomic E-state index is 0.666. The fraction of sp³-hybridized carbons (Fsp3) is 0.400. The summed E-state index contributed by atoms with van der Waals surface area (Å²) in [6.45, 7) is 7.17. The average molecular weight is 322 g/mol. The van der Waals surface area contributed by atoms with Gasteiger partial charge >= 0.3 is 0 Å². The van der Waals surface area contributed by atoms with Crippen molar-refractivity contribution in [2.45, 2.75) is 26.9 Å². The molecule has 1 aromatic carbocycles. The van der Waals surface area contributed by atoms with Crippen LogP contribution >= 0.6 is 15.9 Å². The smallest absolute Gasteiger partial charge is 0.0951 e. The van der Waals surface area contributed by atoms with Gasteiger partial charge in [-0.25, -0.2) is 4.98 Å². The van der Waals surface area contributed by atoms with Crippen molar-refractivity contribution in [1.82, 2.24) is 14.9 Å². The fourth-order valence-corrected chi connectivity index (χ4v) is 2.35. The van der Waals surface area contributed by atoms with Crippen LogP contribution in [0, 0.1) is 5.92 Å². The summed E-state index contributed by atoms with van der Waals surface area (Å²) in [4.78, 5) is 4.25. The van der Waals surface area contributed by atoms with Crippen molar-refractivity contribution in [3.05, 3.63) is 52.5 Å². The van der Waals surface area contributed by atoms with E-state index in [4.69, 9.17) is 0 Å². The Balaban J connectivity index is 2.01. The third kappa shape index (κ3) is 4.18. The Bertz CT molecular complexity index is 520. The first-order valence-electron chi connectivity index (χ1n) is 6.60. The van der Waals surface area contributed by atoms with Crippen molar-refractivity contribution in [3.63, 3.8) is 0 Å². The highest BCUT2D eigenvalue weighted by Crippen LogP contribution is 2.17. The van der Waals surface area contributed by atoms with Gasteiger partial charge in [0.2, 0.25) is 0 Å². The molecule has 0 aliphatic carbocycles. The van der Waals surface area contributed by atoms with Crippen LogP contribution in [0.3, 0.4) is 0 Å². The van der Waals surface area contributed by atoms with Gasteiger partial charge in [-0.05, 0) is 24.1 Å². The third-order valence-corrected chi connectivity index (χ3v) is 3.73. The molecule has 0 unspecified atom stereocenters. The van der Waals surface area contributed by atoms with E-state index < -0.39 is 0 Å². The third-order valence-electron chi connectivity index (χ3n) is 2.96. The van der Waals surface area contributed by atoms with Crippen molar-refractivity contribution >= 4 is 15.9 Å². The van der Waals surface area contributed by atoms with Gasteiger partial charge in [-0.1, -0.05) is 48.0 Å². The van der Waals surface area contributed by atoms with E-state index in [0.29, 0.717) is 5.92 Å². The number of nitrogens with one attached hydrogen (secondary N) is 1. The zero-order valence-corrected chi connectivity index (χ0v) is 13.0. The number of hydrogen-bond acceptors (Lipinski definition) is 2. The van der Waals surface area contributed by atoms with Gasteiger partial charge in [-0.15, -0.1) is 0 Å². The van der Waals surface area contributed by atoms with Crippen LogP contribution in [0.1, 0.15) is 25.1 Å². The maximum atomic E-state index is 4.25. The van der Waals surface area contributed by atoms with Crippen LogP contribution in [0.5, 0.6) is 0 Å². The van der Waals surface area contributed by atoms with Crippen LogP contribution in [0.25, 0.3) is 0 Å². The monoisotopic (exact) mass is 321 g/mol. The quantitative estimate of drug-likeness (QED) is 0.883. The molecule has 0 bridgehead atoms. The van der Waals surface area contributed by atoms with E-state index in [2.05, 4.69) is 62.8 Å². The summed E-state index contributed by atoms with van der Waals surface area (Å²) in [5.41, 5.74) is 2.49. The van der Waals surface area contributed by atoms with E-state index in [9.17, 15) is 0 Å². The number of benzene rings is 1. The maximum absolute atomic E-state index is 4.25. The molecular weight excluding hydrogens is 302 g/mol. The van der Waals surface area contributed by atoms with Crippen LogP contribution in [-0.4, -0.2) is 16.1 Å². The van der Waals surface area contributed by atoms with Crippen molar-refractivity contribution < 1.29 is 0 Å². The Morgan fingerprint density at radius 3 is 2.84 bits per heavy atom. The molecule has 4 heteroatoms. The zero-order chi connectivity index (χ0) is 13.7. The van der Waals surface area contributed by atoms with E-state index in [1.807, 2.05) is 18.6 Å². The second-order valence-corrected chi connectivity index (χ2v) is 5.98. The van der Waals surface area contributed by atoms with Gasteiger partial charge in [0.25, 0.3) is 0 Å². The molecule has 0 aliphatic rings. The summed E-state index contributed by atoms with van der Waals surface area (Å²) in [7, 11) is 0. The molecule has 1 heterocycles. The number of hydrogen-bond donors (Lipinski definition) is 1. The summed E-state index contributed by atoms with van der Waals surface area (Å²) in [6.07, 6.45) is 3.83. The Kier molecular flexibility index (Phi) is 5.16. The second-order valence-electron chi connectivity index (χ2n) is 5.13. The number of imidazole rings is 1. The highest BCUT2D eigenvalue weighted by Gasteiger charge is 2.05. The lowest BCUT2D eigenvalue weighted by Gasteiger charge is -2.11.